The smallest absolute Gasteiger partial charge is 0.340 e. The Bertz CT molecular complexity index is 2330. The number of esters is 1. The number of unbranched alkanes of at least 4 members (excludes halogenated alkanes) is 5. The number of carbonyl (C=O) groups is 5. The molecule has 0 saturated carbocycles. The fourth-order valence-electron chi connectivity index (χ4n) is 7.29. The monoisotopic (exact) mass is 826 g/mol. The molecule has 61 heavy (non-hydrogen) atoms. The third kappa shape index (κ3) is 10.3. The summed E-state index contributed by atoms with van der Waals surface area (Å²) in [4.78, 5) is 63.1. The molecule has 0 fully saturated rings. The van der Waals surface area contributed by atoms with Crippen molar-refractivity contribution < 1.29 is 48.4 Å². The molecule has 14 heteroatoms. The molecule has 4 aromatic rings. The molecule has 2 aliphatic heterocycles. The fourth-order valence-corrected chi connectivity index (χ4v) is 7.29. The van der Waals surface area contributed by atoms with Crippen LogP contribution in [-0.4, -0.2) is 59.4 Å². The van der Waals surface area contributed by atoms with Crippen molar-refractivity contribution in [3.8, 4) is 47.2 Å². The van der Waals surface area contributed by atoms with E-state index in [2.05, 4.69) is 21.9 Å². The Morgan fingerprint density at radius 3 is 2.07 bits per heavy atom. The number of Topliss-reactive ketones (excluding diaryl/α,β-unsaturated/α-hetero) is 1. The highest BCUT2D eigenvalue weighted by Crippen LogP contribution is 2.57. The van der Waals surface area contributed by atoms with Gasteiger partial charge in [-0.2, -0.15) is 5.26 Å². The lowest BCUT2D eigenvalue weighted by molar-refractivity contribution is -0.129. The van der Waals surface area contributed by atoms with Gasteiger partial charge in [0, 0.05) is 72.4 Å². The Balaban J connectivity index is 0.836. The molecule has 314 valence electrons. The van der Waals surface area contributed by atoms with Gasteiger partial charge in [-0.3, -0.25) is 19.2 Å². The highest BCUT2D eigenvalue weighted by molar-refractivity contribution is 6.09. The van der Waals surface area contributed by atoms with Crippen LogP contribution in [0.5, 0.6) is 28.7 Å². The molecule has 1 unspecified atom stereocenters. The van der Waals surface area contributed by atoms with Crippen molar-refractivity contribution in [2.24, 2.45) is 5.92 Å². The van der Waals surface area contributed by atoms with Gasteiger partial charge in [-0.1, -0.05) is 18.9 Å². The van der Waals surface area contributed by atoms with Crippen LogP contribution in [0.25, 0.3) is 0 Å². The lowest BCUT2D eigenvalue weighted by atomic mass is 9.77. The number of anilines is 1. The van der Waals surface area contributed by atoms with Crippen molar-refractivity contribution in [1.29, 1.82) is 5.26 Å². The quantitative estimate of drug-likeness (QED) is 0.0271. The number of rotatable bonds is 20. The number of nitrogens with one attached hydrogen (secondary N) is 3. The van der Waals surface area contributed by atoms with Crippen molar-refractivity contribution in [3.05, 3.63) is 107 Å². The third-order valence-electron chi connectivity index (χ3n) is 10.4. The minimum atomic E-state index is -1.42. The zero-order chi connectivity index (χ0) is 43.4. The van der Waals surface area contributed by atoms with Gasteiger partial charge in [-0.05, 0) is 92.8 Å². The number of ketones is 1. The predicted octanol–water partition coefficient (Wildman–Crippen LogP) is 6.77. The first-order chi connectivity index (χ1) is 29.5. The van der Waals surface area contributed by atoms with E-state index in [0.29, 0.717) is 59.8 Å². The van der Waals surface area contributed by atoms with Crippen LogP contribution < -0.4 is 25.4 Å². The van der Waals surface area contributed by atoms with E-state index in [1.54, 1.807) is 54.6 Å². The number of terminal acetylenes is 1. The molecule has 1 spiro atoms. The number of ether oxygens (including phenoxy) is 3. The van der Waals surface area contributed by atoms with Crippen LogP contribution in [0.4, 0.5) is 5.69 Å². The second-order valence-electron chi connectivity index (χ2n) is 14.7. The third-order valence-corrected chi connectivity index (χ3v) is 10.4. The second kappa shape index (κ2) is 20.1. The van der Waals surface area contributed by atoms with Gasteiger partial charge in [-0.25, -0.2) is 4.79 Å². The van der Waals surface area contributed by atoms with E-state index >= 15 is 0 Å². The number of hydrogen-bond donors (Lipinski definition) is 5. The number of fused-ring (bicyclic) bond motifs is 6. The zero-order valence-electron chi connectivity index (χ0n) is 33.5. The molecule has 1 atom stereocenters. The highest BCUT2D eigenvalue weighted by Gasteiger charge is 2.53. The largest absolute Gasteiger partial charge is 0.508 e. The number of aromatic hydroxyl groups is 2. The van der Waals surface area contributed by atoms with E-state index in [-0.39, 0.29) is 53.2 Å². The first-order valence-corrected chi connectivity index (χ1v) is 20.2. The standard InChI is InChI=1S/C47H46N4O10/c1-2-3-11-40(54)36(29-48)45(57)51-31-14-18-34(19-15-31)59-25-10-6-7-12-43(55)49-23-8-4-5-9-24-50-44(56)30-13-20-37-35(26-30)46(58)61-47(37)38-21-16-32(52)27-41(38)60-42-28-33(53)17-22-39(42)47/h1,13-22,26-28,36,52-53H,3-12,23-25H2,(H,49,55)(H,50,56)(H,51,57). The molecule has 5 N–H and O–H groups in total. The van der Waals surface area contributed by atoms with Gasteiger partial charge < -0.3 is 40.4 Å². The van der Waals surface area contributed by atoms with Crippen LogP contribution in [0.2, 0.25) is 0 Å². The first kappa shape index (κ1) is 43.3. The molecule has 0 aromatic heterocycles. The molecule has 0 saturated heterocycles. The van der Waals surface area contributed by atoms with E-state index in [0.717, 1.165) is 44.9 Å². The Kier molecular flexibility index (Phi) is 14.3. The van der Waals surface area contributed by atoms with Gasteiger partial charge in [0.15, 0.2) is 17.3 Å². The topological polar surface area (TPSA) is 213 Å². The molecule has 0 aliphatic carbocycles. The second-order valence-corrected chi connectivity index (χ2v) is 14.7. The van der Waals surface area contributed by atoms with E-state index in [4.69, 9.17) is 20.6 Å². The Morgan fingerprint density at radius 1 is 0.770 bits per heavy atom. The fraction of sp³-hybridized carbons (Fsp3) is 0.319. The summed E-state index contributed by atoms with van der Waals surface area (Å²) in [5.74, 6) is -0.200. The van der Waals surface area contributed by atoms with Crippen LogP contribution in [0, 0.1) is 29.6 Å². The normalized spacial score (nSPS) is 13.2. The molecule has 14 nitrogen and oxygen atoms in total. The molecular formula is C47H46N4O10. The highest BCUT2D eigenvalue weighted by atomic mass is 16.6. The van der Waals surface area contributed by atoms with Gasteiger partial charge in [-0.15, -0.1) is 12.3 Å². The van der Waals surface area contributed by atoms with E-state index in [9.17, 15) is 39.4 Å². The van der Waals surface area contributed by atoms with Crippen LogP contribution in [0.3, 0.4) is 0 Å². The molecule has 2 heterocycles. The summed E-state index contributed by atoms with van der Waals surface area (Å²) >= 11 is 0. The number of phenolic OH excluding ortho intramolecular Hbond substituents is 2. The van der Waals surface area contributed by atoms with Crippen molar-refractivity contribution in [2.45, 2.75) is 69.8 Å². The van der Waals surface area contributed by atoms with E-state index in [1.807, 2.05) is 0 Å². The molecule has 3 amide bonds. The number of nitrogens with zero attached hydrogens (tertiary/aromatic N) is 1. The predicted molar refractivity (Wildman–Crippen MR) is 223 cm³/mol. The maximum atomic E-state index is 13.4. The lowest BCUT2D eigenvalue weighted by Gasteiger charge is -2.36. The number of benzene rings is 4. The zero-order valence-corrected chi connectivity index (χ0v) is 33.5. The van der Waals surface area contributed by atoms with E-state index in [1.165, 1.54) is 30.3 Å². The van der Waals surface area contributed by atoms with Crippen molar-refractivity contribution in [2.75, 3.05) is 25.0 Å². The van der Waals surface area contributed by atoms with Gasteiger partial charge in [0.2, 0.25) is 11.8 Å². The Hall–Kier alpha value is -7.32. The molecule has 4 aromatic carbocycles. The average Bonchev–Trinajstić information content (AvgIpc) is 3.53. The Labute approximate surface area is 353 Å². The summed E-state index contributed by atoms with van der Waals surface area (Å²) in [7, 11) is 0. The van der Waals surface area contributed by atoms with Crippen LogP contribution >= 0.6 is 0 Å². The Morgan fingerprint density at radius 2 is 1.41 bits per heavy atom. The lowest BCUT2D eigenvalue weighted by Crippen LogP contribution is -2.33. The summed E-state index contributed by atoms with van der Waals surface area (Å²) in [5.41, 5.74) is 1.09. The molecule has 6 rings (SSSR count). The number of phenols is 2. The van der Waals surface area contributed by atoms with Gasteiger partial charge >= 0.3 is 5.97 Å². The first-order valence-electron chi connectivity index (χ1n) is 20.2. The van der Waals surface area contributed by atoms with Gasteiger partial charge in [0.05, 0.1) is 18.2 Å². The number of hydrogen-bond acceptors (Lipinski definition) is 11. The summed E-state index contributed by atoms with van der Waals surface area (Å²) in [6, 6.07) is 22.2. The number of amides is 3. The molecule has 0 bridgehead atoms. The molecule has 0 radical (unpaired) electrons. The number of carbonyl (C=O) groups excluding carboxylic acids is 5. The van der Waals surface area contributed by atoms with E-state index < -0.39 is 29.2 Å². The molecule has 2 aliphatic rings. The van der Waals surface area contributed by atoms with Crippen molar-refractivity contribution >= 4 is 35.2 Å². The van der Waals surface area contributed by atoms with Gasteiger partial charge in [0.25, 0.3) is 5.91 Å². The average molecular weight is 827 g/mol. The summed E-state index contributed by atoms with van der Waals surface area (Å²) in [6.45, 7) is 1.47. The maximum absolute atomic E-state index is 13.4. The van der Waals surface area contributed by atoms with Crippen LogP contribution in [0.15, 0.2) is 78.9 Å². The van der Waals surface area contributed by atoms with Crippen LogP contribution in [-0.2, 0) is 24.7 Å². The van der Waals surface area contributed by atoms with Gasteiger partial charge in [0.1, 0.15) is 28.7 Å². The molecular weight excluding hydrogens is 781 g/mol. The minimum absolute atomic E-state index is 0.00446. The van der Waals surface area contributed by atoms with Crippen LogP contribution in [0.1, 0.15) is 102 Å². The number of nitriles is 1. The summed E-state index contributed by atoms with van der Waals surface area (Å²) < 4.78 is 17.8. The van der Waals surface area contributed by atoms with Crippen molar-refractivity contribution in [3.63, 3.8) is 0 Å². The SMILES string of the molecule is C#CCCC(=O)C(C#N)C(=O)Nc1ccc(OCCCCCC(=O)NCCCCCCNC(=O)c2ccc3c(c2)C(=O)OC32c3ccc(O)cc3Oc3cc(O)ccc32)cc1. The maximum Gasteiger partial charge on any atom is 0.340 e. The van der Waals surface area contributed by atoms with Crippen molar-refractivity contribution in [1.82, 2.24) is 10.6 Å². The summed E-state index contributed by atoms with van der Waals surface area (Å²) in [5, 5.41) is 37.9. The summed E-state index contributed by atoms with van der Waals surface area (Å²) in [6.07, 6.45) is 11.3. The minimum Gasteiger partial charge on any atom is -0.508 e.